The second kappa shape index (κ2) is 3.74. The topological polar surface area (TPSA) is 0 Å². The van der Waals surface area contributed by atoms with E-state index in [1.807, 2.05) is 6.08 Å². The molecule has 0 aliphatic heterocycles. The summed E-state index contributed by atoms with van der Waals surface area (Å²) in [6, 6.07) is 17.3. The molecule has 0 N–H and O–H groups in total. The minimum atomic E-state index is 1.22. The molecule has 0 radical (unpaired) electrons. The highest BCUT2D eigenvalue weighted by Crippen LogP contribution is 2.29. The third-order valence-electron chi connectivity index (χ3n) is 3.24. The molecular weight excluding hydrogens is 204 g/mol. The molecule has 17 heavy (non-hydrogen) atoms. The number of fused-ring (bicyclic) bond motifs is 3. The van der Waals surface area contributed by atoms with E-state index in [0.29, 0.717) is 0 Å². The Kier molecular flexibility index (Phi) is 2.22. The average molecular weight is 218 g/mol. The van der Waals surface area contributed by atoms with Crippen molar-refractivity contribution < 1.29 is 0 Å². The molecule has 0 spiro atoms. The van der Waals surface area contributed by atoms with Gasteiger partial charge in [0.05, 0.1) is 0 Å². The van der Waals surface area contributed by atoms with Gasteiger partial charge in [-0.25, -0.2) is 0 Å². The molecule has 0 bridgehead atoms. The minimum Gasteiger partial charge on any atom is -0.0984 e. The summed E-state index contributed by atoms with van der Waals surface area (Å²) in [5, 5.41) is 5.19. The molecule has 3 aromatic carbocycles. The van der Waals surface area contributed by atoms with Crippen LogP contribution in [0, 0.1) is 6.92 Å². The number of rotatable bonds is 1. The lowest BCUT2D eigenvalue weighted by atomic mass is 9.96. The maximum atomic E-state index is 3.93. The SMILES string of the molecule is C=Cc1cc(C)cc2ccc3ccccc3c12. The molecule has 0 saturated carbocycles. The van der Waals surface area contributed by atoms with Gasteiger partial charge in [0.1, 0.15) is 0 Å². The molecule has 82 valence electrons. The van der Waals surface area contributed by atoms with E-state index in [1.54, 1.807) is 0 Å². The summed E-state index contributed by atoms with van der Waals surface area (Å²) in [5.41, 5.74) is 2.50. The summed E-state index contributed by atoms with van der Waals surface area (Å²) in [6.07, 6.45) is 1.95. The molecule has 3 rings (SSSR count). The van der Waals surface area contributed by atoms with Crippen molar-refractivity contribution in [3.05, 3.63) is 66.2 Å². The van der Waals surface area contributed by atoms with Gasteiger partial charge in [-0.1, -0.05) is 61.2 Å². The molecule has 0 amide bonds. The van der Waals surface area contributed by atoms with E-state index in [4.69, 9.17) is 0 Å². The van der Waals surface area contributed by atoms with Crippen molar-refractivity contribution >= 4 is 27.6 Å². The van der Waals surface area contributed by atoms with Crippen molar-refractivity contribution in [3.63, 3.8) is 0 Å². The standard InChI is InChI=1S/C17H14/c1-3-13-10-12(2)11-15-9-8-14-6-4-5-7-16(14)17(13)15/h3-11H,1H2,2H3. The van der Waals surface area contributed by atoms with Gasteiger partial charge in [0, 0.05) is 0 Å². The molecule has 0 atom stereocenters. The predicted octanol–water partition coefficient (Wildman–Crippen LogP) is 4.94. The largest absolute Gasteiger partial charge is 0.0984 e. The summed E-state index contributed by atoms with van der Waals surface area (Å²) in [5.74, 6) is 0. The number of benzene rings is 3. The normalized spacial score (nSPS) is 10.9. The Bertz CT molecular complexity index is 721. The lowest BCUT2D eigenvalue weighted by molar-refractivity contribution is 1.50. The quantitative estimate of drug-likeness (QED) is 0.507. The van der Waals surface area contributed by atoms with Crippen molar-refractivity contribution in [1.29, 1.82) is 0 Å². The van der Waals surface area contributed by atoms with Gasteiger partial charge >= 0.3 is 0 Å². The summed E-state index contributed by atoms with van der Waals surface area (Å²) < 4.78 is 0. The van der Waals surface area contributed by atoms with Crippen LogP contribution < -0.4 is 0 Å². The van der Waals surface area contributed by atoms with Crippen LogP contribution in [0.4, 0.5) is 0 Å². The number of aryl methyl sites for hydroxylation is 1. The zero-order chi connectivity index (χ0) is 11.8. The van der Waals surface area contributed by atoms with E-state index >= 15 is 0 Å². The van der Waals surface area contributed by atoms with Crippen molar-refractivity contribution in [2.45, 2.75) is 6.92 Å². The van der Waals surface area contributed by atoms with E-state index in [9.17, 15) is 0 Å². The molecule has 0 aromatic heterocycles. The van der Waals surface area contributed by atoms with Gasteiger partial charge in [-0.05, 0) is 39.6 Å². The molecule has 0 heteroatoms. The van der Waals surface area contributed by atoms with E-state index < -0.39 is 0 Å². The third kappa shape index (κ3) is 1.53. The van der Waals surface area contributed by atoms with Crippen LogP contribution in [0.15, 0.2) is 55.1 Å². The number of hydrogen-bond acceptors (Lipinski definition) is 0. The maximum Gasteiger partial charge on any atom is -0.00329 e. The summed E-state index contributed by atoms with van der Waals surface area (Å²) in [4.78, 5) is 0. The Hall–Kier alpha value is -2.08. The van der Waals surface area contributed by atoms with Crippen LogP contribution in [0.5, 0.6) is 0 Å². The van der Waals surface area contributed by atoms with E-state index in [-0.39, 0.29) is 0 Å². The van der Waals surface area contributed by atoms with Crippen molar-refractivity contribution in [3.8, 4) is 0 Å². The molecule has 0 heterocycles. The second-order valence-corrected chi connectivity index (χ2v) is 4.44. The second-order valence-electron chi connectivity index (χ2n) is 4.44. The van der Waals surface area contributed by atoms with Crippen molar-refractivity contribution in [2.75, 3.05) is 0 Å². The first-order chi connectivity index (χ1) is 8.29. The van der Waals surface area contributed by atoms with E-state index in [1.165, 1.54) is 32.7 Å². The van der Waals surface area contributed by atoms with Crippen LogP contribution in [0.3, 0.4) is 0 Å². The van der Waals surface area contributed by atoms with Crippen molar-refractivity contribution in [1.82, 2.24) is 0 Å². The molecular formula is C17H14. The fourth-order valence-corrected chi connectivity index (χ4v) is 2.50. The lowest BCUT2D eigenvalue weighted by Crippen LogP contribution is -1.84. The zero-order valence-electron chi connectivity index (χ0n) is 9.90. The summed E-state index contributed by atoms with van der Waals surface area (Å²) >= 11 is 0. The molecule has 3 aromatic rings. The highest BCUT2D eigenvalue weighted by Gasteiger charge is 2.04. The fourth-order valence-electron chi connectivity index (χ4n) is 2.50. The first kappa shape index (κ1) is 10.1. The molecule has 0 saturated heterocycles. The molecule has 0 nitrogen and oxygen atoms in total. The minimum absolute atomic E-state index is 1.22. The van der Waals surface area contributed by atoms with Gasteiger partial charge < -0.3 is 0 Å². The first-order valence-corrected chi connectivity index (χ1v) is 5.84. The lowest BCUT2D eigenvalue weighted by Gasteiger charge is -2.08. The molecule has 0 fully saturated rings. The van der Waals surface area contributed by atoms with Gasteiger partial charge in [-0.2, -0.15) is 0 Å². The van der Waals surface area contributed by atoms with Crippen LogP contribution in [0.1, 0.15) is 11.1 Å². The predicted molar refractivity (Wildman–Crippen MR) is 76.3 cm³/mol. The van der Waals surface area contributed by atoms with Crippen LogP contribution in [0.25, 0.3) is 27.6 Å². The van der Waals surface area contributed by atoms with E-state index in [2.05, 4.69) is 62.0 Å². The first-order valence-electron chi connectivity index (χ1n) is 5.84. The zero-order valence-corrected chi connectivity index (χ0v) is 9.90. The highest BCUT2D eigenvalue weighted by molar-refractivity contribution is 6.11. The Morgan fingerprint density at radius 1 is 0.941 bits per heavy atom. The average Bonchev–Trinajstić information content (AvgIpc) is 2.37. The Morgan fingerprint density at radius 2 is 1.71 bits per heavy atom. The summed E-state index contributed by atoms with van der Waals surface area (Å²) in [7, 11) is 0. The highest BCUT2D eigenvalue weighted by atomic mass is 14.1. The monoisotopic (exact) mass is 218 g/mol. The van der Waals surface area contributed by atoms with Gasteiger partial charge in [-0.3, -0.25) is 0 Å². The van der Waals surface area contributed by atoms with Gasteiger partial charge in [-0.15, -0.1) is 0 Å². The third-order valence-corrected chi connectivity index (χ3v) is 3.24. The Balaban J connectivity index is 2.60. The fraction of sp³-hybridized carbons (Fsp3) is 0.0588. The smallest absolute Gasteiger partial charge is 0.00329 e. The van der Waals surface area contributed by atoms with Gasteiger partial charge in [0.25, 0.3) is 0 Å². The molecule has 0 unspecified atom stereocenters. The van der Waals surface area contributed by atoms with Crippen LogP contribution in [-0.4, -0.2) is 0 Å². The van der Waals surface area contributed by atoms with Gasteiger partial charge in [0.15, 0.2) is 0 Å². The Morgan fingerprint density at radius 3 is 2.53 bits per heavy atom. The molecule has 0 aliphatic carbocycles. The van der Waals surface area contributed by atoms with Gasteiger partial charge in [0.2, 0.25) is 0 Å². The van der Waals surface area contributed by atoms with Crippen LogP contribution in [-0.2, 0) is 0 Å². The maximum absolute atomic E-state index is 3.93. The van der Waals surface area contributed by atoms with E-state index in [0.717, 1.165) is 0 Å². The number of hydrogen-bond donors (Lipinski definition) is 0. The van der Waals surface area contributed by atoms with Crippen molar-refractivity contribution in [2.24, 2.45) is 0 Å². The Labute approximate surface area is 101 Å². The summed E-state index contributed by atoms with van der Waals surface area (Å²) in [6.45, 7) is 6.06. The van der Waals surface area contributed by atoms with Crippen LogP contribution >= 0.6 is 0 Å². The molecule has 0 aliphatic rings. The van der Waals surface area contributed by atoms with Crippen LogP contribution in [0.2, 0.25) is 0 Å².